The van der Waals surface area contributed by atoms with Crippen molar-refractivity contribution in [3.63, 3.8) is 0 Å². The number of aliphatic hydroxyl groups excluding tert-OH is 1. The molecule has 2 heterocycles. The first-order chi connectivity index (χ1) is 10.0. The number of carboxylic acids is 1. The maximum atomic E-state index is 12.5. The summed E-state index contributed by atoms with van der Waals surface area (Å²) >= 11 is 0. The van der Waals surface area contributed by atoms with Crippen molar-refractivity contribution >= 4 is 12.0 Å². The number of carboxylic acid groups (broad SMARTS) is 1. The molecule has 2 aliphatic heterocycles. The lowest BCUT2D eigenvalue weighted by Crippen LogP contribution is -2.47. The standard InChI is InChI=1S/C15H26N2O4/c1-2-5-15(13(19)20)6-9-17(11-15)14(21)16-7-3-12(10-18)4-8-16/h12,18H,2-11H2,1H3,(H,19,20). The van der Waals surface area contributed by atoms with Crippen LogP contribution < -0.4 is 0 Å². The van der Waals surface area contributed by atoms with Gasteiger partial charge in [-0.2, -0.15) is 0 Å². The first kappa shape index (κ1) is 16.1. The molecule has 2 aliphatic rings. The molecule has 0 radical (unpaired) electrons. The van der Waals surface area contributed by atoms with Crippen molar-refractivity contribution in [2.24, 2.45) is 11.3 Å². The van der Waals surface area contributed by atoms with E-state index in [0.717, 1.165) is 19.3 Å². The zero-order chi connectivity index (χ0) is 15.5. The van der Waals surface area contributed by atoms with Gasteiger partial charge in [0.05, 0.1) is 5.41 Å². The highest BCUT2D eigenvalue weighted by atomic mass is 16.4. The number of nitrogens with zero attached hydrogens (tertiary/aromatic N) is 2. The summed E-state index contributed by atoms with van der Waals surface area (Å²) in [6, 6.07) is -0.0365. The Morgan fingerprint density at radius 3 is 2.38 bits per heavy atom. The second-order valence-electron chi connectivity index (χ2n) is 6.40. The van der Waals surface area contributed by atoms with E-state index in [-0.39, 0.29) is 12.6 Å². The zero-order valence-electron chi connectivity index (χ0n) is 12.8. The van der Waals surface area contributed by atoms with E-state index in [1.165, 1.54) is 0 Å². The fourth-order valence-corrected chi connectivity index (χ4v) is 3.51. The number of amides is 2. The van der Waals surface area contributed by atoms with Crippen LogP contribution in [0.25, 0.3) is 0 Å². The maximum Gasteiger partial charge on any atom is 0.320 e. The summed E-state index contributed by atoms with van der Waals surface area (Å²) in [6.45, 7) is 4.35. The molecule has 120 valence electrons. The minimum Gasteiger partial charge on any atom is -0.481 e. The van der Waals surface area contributed by atoms with E-state index in [1.807, 2.05) is 6.92 Å². The molecular weight excluding hydrogens is 272 g/mol. The molecule has 0 bridgehead atoms. The third-order valence-electron chi connectivity index (χ3n) is 4.95. The van der Waals surface area contributed by atoms with Crippen molar-refractivity contribution in [3.05, 3.63) is 0 Å². The lowest BCUT2D eigenvalue weighted by atomic mass is 9.83. The number of likely N-dealkylation sites (tertiary alicyclic amines) is 2. The van der Waals surface area contributed by atoms with E-state index in [1.54, 1.807) is 9.80 Å². The van der Waals surface area contributed by atoms with Gasteiger partial charge in [-0.1, -0.05) is 13.3 Å². The number of carbonyl (C=O) groups excluding carboxylic acids is 1. The Balaban J connectivity index is 1.94. The van der Waals surface area contributed by atoms with Gasteiger partial charge >= 0.3 is 12.0 Å². The summed E-state index contributed by atoms with van der Waals surface area (Å²) < 4.78 is 0. The van der Waals surface area contributed by atoms with Gasteiger partial charge in [-0.05, 0) is 31.6 Å². The summed E-state index contributed by atoms with van der Waals surface area (Å²) in [6.07, 6.45) is 3.65. The Hall–Kier alpha value is -1.30. The van der Waals surface area contributed by atoms with E-state index >= 15 is 0 Å². The predicted octanol–water partition coefficient (Wildman–Crippen LogP) is 1.39. The Kier molecular flexibility index (Phi) is 5.08. The molecule has 21 heavy (non-hydrogen) atoms. The zero-order valence-corrected chi connectivity index (χ0v) is 12.8. The van der Waals surface area contributed by atoms with E-state index in [2.05, 4.69) is 0 Å². The van der Waals surface area contributed by atoms with E-state index in [9.17, 15) is 14.7 Å². The summed E-state index contributed by atoms with van der Waals surface area (Å²) in [5.74, 6) is -0.482. The van der Waals surface area contributed by atoms with Gasteiger partial charge < -0.3 is 20.0 Å². The monoisotopic (exact) mass is 298 g/mol. The number of rotatable bonds is 4. The summed E-state index contributed by atoms with van der Waals surface area (Å²) in [7, 11) is 0. The van der Waals surface area contributed by atoms with Gasteiger partial charge in [0.2, 0.25) is 0 Å². The first-order valence-corrected chi connectivity index (χ1v) is 7.90. The van der Waals surface area contributed by atoms with Crippen LogP contribution >= 0.6 is 0 Å². The average Bonchev–Trinajstić information content (AvgIpc) is 2.93. The number of piperidine rings is 1. The highest BCUT2D eigenvalue weighted by Gasteiger charge is 2.46. The second kappa shape index (κ2) is 6.64. The molecule has 0 aromatic carbocycles. The van der Waals surface area contributed by atoms with Crippen molar-refractivity contribution in [2.75, 3.05) is 32.8 Å². The molecule has 2 rings (SSSR count). The van der Waals surface area contributed by atoms with Gasteiger partial charge in [-0.15, -0.1) is 0 Å². The molecule has 1 atom stereocenters. The molecule has 0 aromatic heterocycles. The molecule has 1 unspecified atom stereocenters. The summed E-state index contributed by atoms with van der Waals surface area (Å²) in [4.78, 5) is 27.6. The Morgan fingerprint density at radius 2 is 1.86 bits per heavy atom. The van der Waals surface area contributed by atoms with Crippen LogP contribution in [0, 0.1) is 11.3 Å². The topological polar surface area (TPSA) is 81.1 Å². The van der Waals surface area contributed by atoms with Gasteiger partial charge in [0.15, 0.2) is 0 Å². The number of hydrogen-bond donors (Lipinski definition) is 2. The Morgan fingerprint density at radius 1 is 1.19 bits per heavy atom. The van der Waals surface area contributed by atoms with Crippen LogP contribution in [0.3, 0.4) is 0 Å². The van der Waals surface area contributed by atoms with Crippen molar-refractivity contribution in [1.82, 2.24) is 9.80 Å². The Labute approximate surface area is 125 Å². The fourth-order valence-electron chi connectivity index (χ4n) is 3.51. The number of urea groups is 1. The van der Waals surface area contributed by atoms with Gasteiger partial charge in [0.1, 0.15) is 0 Å². The molecule has 0 aromatic rings. The van der Waals surface area contributed by atoms with Crippen LogP contribution in [0.2, 0.25) is 0 Å². The van der Waals surface area contributed by atoms with E-state index < -0.39 is 11.4 Å². The number of aliphatic carboxylic acids is 1. The third-order valence-corrected chi connectivity index (χ3v) is 4.95. The molecule has 2 amide bonds. The molecule has 2 saturated heterocycles. The quantitative estimate of drug-likeness (QED) is 0.822. The molecule has 0 aliphatic carbocycles. The van der Waals surface area contributed by atoms with Gasteiger partial charge in [0, 0.05) is 32.8 Å². The summed E-state index contributed by atoms with van der Waals surface area (Å²) in [5, 5.41) is 18.6. The Bertz CT molecular complexity index is 393. The lowest BCUT2D eigenvalue weighted by Gasteiger charge is -2.34. The molecule has 2 fully saturated rings. The summed E-state index contributed by atoms with van der Waals surface area (Å²) in [5.41, 5.74) is -0.756. The molecule has 6 heteroatoms. The largest absolute Gasteiger partial charge is 0.481 e. The molecule has 0 saturated carbocycles. The SMILES string of the molecule is CCCC1(C(=O)O)CCN(C(=O)N2CCC(CO)CC2)C1. The van der Waals surface area contributed by atoms with Crippen LogP contribution in [-0.4, -0.2) is 64.8 Å². The number of aliphatic hydroxyl groups is 1. The smallest absolute Gasteiger partial charge is 0.320 e. The average molecular weight is 298 g/mol. The minimum absolute atomic E-state index is 0.0365. The third kappa shape index (κ3) is 3.31. The lowest BCUT2D eigenvalue weighted by molar-refractivity contribution is -0.148. The first-order valence-electron chi connectivity index (χ1n) is 7.90. The van der Waals surface area contributed by atoms with Crippen LogP contribution in [-0.2, 0) is 4.79 Å². The van der Waals surface area contributed by atoms with Gasteiger partial charge in [0.25, 0.3) is 0 Å². The molecule has 0 spiro atoms. The van der Waals surface area contributed by atoms with Crippen molar-refractivity contribution in [1.29, 1.82) is 0 Å². The maximum absolute atomic E-state index is 12.5. The normalized spacial score (nSPS) is 27.1. The van der Waals surface area contributed by atoms with Crippen LogP contribution in [0.15, 0.2) is 0 Å². The van der Waals surface area contributed by atoms with Crippen molar-refractivity contribution < 1.29 is 19.8 Å². The predicted molar refractivity (Wildman–Crippen MR) is 77.9 cm³/mol. The van der Waals surface area contributed by atoms with E-state index in [0.29, 0.717) is 44.9 Å². The molecular formula is C15H26N2O4. The van der Waals surface area contributed by atoms with Gasteiger partial charge in [-0.25, -0.2) is 4.79 Å². The van der Waals surface area contributed by atoms with Crippen molar-refractivity contribution in [3.8, 4) is 0 Å². The number of carbonyl (C=O) groups is 2. The van der Waals surface area contributed by atoms with Crippen LogP contribution in [0.5, 0.6) is 0 Å². The second-order valence-corrected chi connectivity index (χ2v) is 6.40. The molecule has 2 N–H and O–H groups in total. The van der Waals surface area contributed by atoms with Crippen LogP contribution in [0.1, 0.15) is 39.0 Å². The van der Waals surface area contributed by atoms with Crippen molar-refractivity contribution in [2.45, 2.75) is 39.0 Å². The number of hydrogen-bond acceptors (Lipinski definition) is 3. The minimum atomic E-state index is -0.779. The highest BCUT2D eigenvalue weighted by Crippen LogP contribution is 2.36. The molecule has 6 nitrogen and oxygen atoms in total. The fraction of sp³-hybridized carbons (Fsp3) is 0.867. The van der Waals surface area contributed by atoms with Crippen LogP contribution in [0.4, 0.5) is 4.79 Å². The van der Waals surface area contributed by atoms with Gasteiger partial charge in [-0.3, -0.25) is 4.79 Å². The highest BCUT2D eigenvalue weighted by molar-refractivity contribution is 5.79. The van der Waals surface area contributed by atoms with E-state index in [4.69, 9.17) is 5.11 Å².